The highest BCUT2D eigenvalue weighted by Crippen LogP contribution is 2.34. The highest BCUT2D eigenvalue weighted by molar-refractivity contribution is 4.99. The second-order valence-corrected chi connectivity index (χ2v) is 6.50. The Labute approximate surface area is 94.6 Å². The van der Waals surface area contributed by atoms with Gasteiger partial charge in [0.25, 0.3) is 0 Å². The van der Waals surface area contributed by atoms with E-state index in [2.05, 4.69) is 44.4 Å². The van der Waals surface area contributed by atoms with Crippen molar-refractivity contribution in [2.45, 2.75) is 71.1 Å². The fourth-order valence-electron chi connectivity index (χ4n) is 3.33. The fraction of sp³-hybridized carbons (Fsp3) is 1.00. The Balaban J connectivity index is 2.08. The van der Waals surface area contributed by atoms with Crippen LogP contribution in [0.1, 0.15) is 47.5 Å². The van der Waals surface area contributed by atoms with Crippen molar-refractivity contribution in [3.05, 3.63) is 0 Å². The number of hydrogen-bond donors (Lipinski definition) is 0. The fourth-order valence-corrected chi connectivity index (χ4v) is 3.33. The predicted molar refractivity (Wildman–Crippen MR) is 65.1 cm³/mol. The third-order valence-corrected chi connectivity index (χ3v) is 4.08. The van der Waals surface area contributed by atoms with Gasteiger partial charge in [-0.15, -0.1) is 0 Å². The molecule has 2 atom stereocenters. The summed E-state index contributed by atoms with van der Waals surface area (Å²) in [5.41, 5.74) is 0.351. The Morgan fingerprint density at radius 3 is 1.80 bits per heavy atom. The van der Waals surface area contributed by atoms with E-state index in [1.165, 1.54) is 25.9 Å². The van der Waals surface area contributed by atoms with Gasteiger partial charge in [0.05, 0.1) is 0 Å². The van der Waals surface area contributed by atoms with Gasteiger partial charge in [-0.05, 0) is 47.5 Å². The van der Waals surface area contributed by atoms with Crippen molar-refractivity contribution >= 4 is 0 Å². The van der Waals surface area contributed by atoms with E-state index >= 15 is 0 Å². The SMILES string of the molecule is CC(C)N1C2CCC1CN(C(C)(C)C)C2. The van der Waals surface area contributed by atoms with Crippen LogP contribution >= 0.6 is 0 Å². The van der Waals surface area contributed by atoms with Crippen LogP contribution < -0.4 is 0 Å². The van der Waals surface area contributed by atoms with Gasteiger partial charge in [-0.3, -0.25) is 9.80 Å². The van der Waals surface area contributed by atoms with Gasteiger partial charge >= 0.3 is 0 Å². The van der Waals surface area contributed by atoms with Gasteiger partial charge in [0.15, 0.2) is 0 Å². The summed E-state index contributed by atoms with van der Waals surface area (Å²) >= 11 is 0. The number of rotatable bonds is 1. The molecule has 2 fully saturated rings. The normalized spacial score (nSPS) is 34.0. The van der Waals surface area contributed by atoms with Gasteiger partial charge in [0, 0.05) is 36.8 Å². The molecular weight excluding hydrogens is 184 g/mol. The first-order chi connectivity index (χ1) is 6.89. The molecule has 15 heavy (non-hydrogen) atoms. The summed E-state index contributed by atoms with van der Waals surface area (Å²) in [6.07, 6.45) is 2.82. The van der Waals surface area contributed by atoms with E-state index in [1.54, 1.807) is 0 Å². The largest absolute Gasteiger partial charge is 0.295 e. The maximum Gasteiger partial charge on any atom is 0.0230 e. The van der Waals surface area contributed by atoms with E-state index in [1.807, 2.05) is 0 Å². The van der Waals surface area contributed by atoms with Crippen molar-refractivity contribution in [2.24, 2.45) is 0 Å². The number of nitrogens with zero attached hydrogens (tertiary/aromatic N) is 2. The number of hydrogen-bond acceptors (Lipinski definition) is 2. The lowest BCUT2D eigenvalue weighted by molar-refractivity contribution is 0.000432. The Bertz CT molecular complexity index is 215. The lowest BCUT2D eigenvalue weighted by atomic mass is 10.0. The van der Waals surface area contributed by atoms with Crippen molar-refractivity contribution in [1.82, 2.24) is 9.80 Å². The first-order valence-electron chi connectivity index (χ1n) is 6.42. The highest BCUT2D eigenvalue weighted by atomic mass is 15.4. The van der Waals surface area contributed by atoms with Gasteiger partial charge in [-0.2, -0.15) is 0 Å². The zero-order valence-electron chi connectivity index (χ0n) is 11.0. The Morgan fingerprint density at radius 1 is 1.00 bits per heavy atom. The molecule has 0 aromatic rings. The summed E-state index contributed by atoms with van der Waals surface area (Å²) in [5.74, 6) is 0. The molecule has 2 bridgehead atoms. The molecule has 0 aromatic carbocycles. The smallest absolute Gasteiger partial charge is 0.0230 e. The molecule has 0 amide bonds. The second kappa shape index (κ2) is 3.74. The molecule has 2 unspecified atom stereocenters. The molecule has 88 valence electrons. The molecule has 0 aromatic heterocycles. The average Bonchev–Trinajstić information content (AvgIpc) is 2.35. The second-order valence-electron chi connectivity index (χ2n) is 6.50. The Hall–Kier alpha value is -0.0800. The van der Waals surface area contributed by atoms with Gasteiger partial charge < -0.3 is 0 Å². The van der Waals surface area contributed by atoms with E-state index in [0.29, 0.717) is 5.54 Å². The summed E-state index contributed by atoms with van der Waals surface area (Å²) in [5, 5.41) is 0. The topological polar surface area (TPSA) is 6.48 Å². The molecule has 0 N–H and O–H groups in total. The predicted octanol–water partition coefficient (Wildman–Crippen LogP) is 2.34. The highest BCUT2D eigenvalue weighted by Gasteiger charge is 2.43. The minimum atomic E-state index is 0.351. The standard InChI is InChI=1S/C13H26N2/c1-10(2)15-11-6-7-12(15)9-14(8-11)13(3,4)5/h10-12H,6-9H2,1-5H3. The summed E-state index contributed by atoms with van der Waals surface area (Å²) in [6, 6.07) is 2.37. The molecule has 2 aliphatic rings. The maximum absolute atomic E-state index is 2.75. The molecule has 0 aliphatic carbocycles. The summed E-state index contributed by atoms with van der Waals surface area (Å²) in [6.45, 7) is 14.3. The molecule has 0 radical (unpaired) electrons. The molecule has 2 nitrogen and oxygen atoms in total. The van der Waals surface area contributed by atoms with E-state index in [9.17, 15) is 0 Å². The lowest BCUT2D eigenvalue weighted by Gasteiger charge is -2.48. The van der Waals surface area contributed by atoms with Gasteiger partial charge in [-0.25, -0.2) is 0 Å². The van der Waals surface area contributed by atoms with Crippen LogP contribution in [0.5, 0.6) is 0 Å². The number of fused-ring (bicyclic) bond motifs is 2. The van der Waals surface area contributed by atoms with Crippen molar-refractivity contribution in [2.75, 3.05) is 13.1 Å². The first-order valence-corrected chi connectivity index (χ1v) is 6.42. The van der Waals surface area contributed by atoms with Crippen LogP contribution in [0.15, 0.2) is 0 Å². The van der Waals surface area contributed by atoms with Crippen LogP contribution in [0.4, 0.5) is 0 Å². The molecular formula is C13H26N2. The van der Waals surface area contributed by atoms with Crippen LogP contribution in [0, 0.1) is 0 Å². The Kier molecular flexibility index (Phi) is 2.85. The van der Waals surface area contributed by atoms with Gasteiger partial charge in [0.1, 0.15) is 0 Å². The molecule has 2 aliphatic heterocycles. The van der Waals surface area contributed by atoms with Crippen LogP contribution in [-0.4, -0.2) is 46.6 Å². The summed E-state index contributed by atoms with van der Waals surface area (Å²) < 4.78 is 0. The van der Waals surface area contributed by atoms with E-state index in [-0.39, 0.29) is 0 Å². The van der Waals surface area contributed by atoms with Crippen molar-refractivity contribution < 1.29 is 0 Å². The van der Waals surface area contributed by atoms with Crippen LogP contribution in [0.3, 0.4) is 0 Å². The third kappa shape index (κ3) is 2.07. The molecule has 2 heteroatoms. The molecule has 0 saturated carbocycles. The summed E-state index contributed by atoms with van der Waals surface area (Å²) in [7, 11) is 0. The quantitative estimate of drug-likeness (QED) is 0.655. The number of likely N-dealkylation sites (tertiary alicyclic amines) is 1. The van der Waals surface area contributed by atoms with Crippen LogP contribution in [-0.2, 0) is 0 Å². The maximum atomic E-state index is 2.75. The monoisotopic (exact) mass is 210 g/mol. The molecule has 2 saturated heterocycles. The minimum absolute atomic E-state index is 0.351. The first kappa shape index (κ1) is 11.4. The van der Waals surface area contributed by atoms with Gasteiger partial charge in [0.2, 0.25) is 0 Å². The van der Waals surface area contributed by atoms with Crippen LogP contribution in [0.2, 0.25) is 0 Å². The van der Waals surface area contributed by atoms with Crippen LogP contribution in [0.25, 0.3) is 0 Å². The minimum Gasteiger partial charge on any atom is -0.295 e. The van der Waals surface area contributed by atoms with E-state index in [4.69, 9.17) is 0 Å². The molecule has 2 heterocycles. The van der Waals surface area contributed by atoms with Crippen molar-refractivity contribution in [3.63, 3.8) is 0 Å². The third-order valence-electron chi connectivity index (χ3n) is 4.08. The zero-order valence-corrected chi connectivity index (χ0v) is 11.0. The zero-order chi connectivity index (χ0) is 11.2. The molecule has 2 rings (SSSR count). The van der Waals surface area contributed by atoms with E-state index in [0.717, 1.165) is 18.1 Å². The average molecular weight is 210 g/mol. The lowest BCUT2D eigenvalue weighted by Crippen LogP contribution is -2.60. The van der Waals surface area contributed by atoms with Crippen molar-refractivity contribution in [3.8, 4) is 0 Å². The molecule has 0 spiro atoms. The van der Waals surface area contributed by atoms with E-state index < -0.39 is 0 Å². The Morgan fingerprint density at radius 2 is 1.47 bits per heavy atom. The van der Waals surface area contributed by atoms with Gasteiger partial charge in [-0.1, -0.05) is 0 Å². The summed E-state index contributed by atoms with van der Waals surface area (Å²) in [4.78, 5) is 5.43. The number of piperazine rings is 1. The van der Waals surface area contributed by atoms with Crippen molar-refractivity contribution in [1.29, 1.82) is 0 Å².